The van der Waals surface area contributed by atoms with Crippen molar-refractivity contribution in [3.63, 3.8) is 0 Å². The molecule has 0 aliphatic carbocycles. The van der Waals surface area contributed by atoms with E-state index in [1.165, 1.54) is 10.6 Å². The Balaban J connectivity index is 1.85. The molecule has 0 radical (unpaired) electrons. The van der Waals surface area contributed by atoms with Crippen LogP contribution in [0.15, 0.2) is 33.7 Å². The zero-order valence-corrected chi connectivity index (χ0v) is 19.6. The molecule has 3 aromatic rings. The molecule has 148 valence electrons. The second kappa shape index (κ2) is 7.54. The van der Waals surface area contributed by atoms with Crippen molar-refractivity contribution in [1.82, 2.24) is 14.3 Å². The minimum Gasteiger partial charge on any atom is -0.365 e. The molecule has 0 amide bonds. The van der Waals surface area contributed by atoms with E-state index in [0.717, 1.165) is 31.7 Å². The average Bonchev–Trinajstić information content (AvgIpc) is 2.64. The number of benzene rings is 1. The zero-order valence-electron chi connectivity index (χ0n) is 15.0. The van der Waals surface area contributed by atoms with Crippen molar-refractivity contribution in [3.8, 4) is 0 Å². The Morgan fingerprint density at radius 1 is 1.36 bits per heavy atom. The molecule has 0 bridgehead atoms. The molecule has 2 aromatic heterocycles. The lowest BCUT2D eigenvalue weighted by atomic mass is 10.0. The van der Waals surface area contributed by atoms with Crippen LogP contribution in [0.25, 0.3) is 21.7 Å². The van der Waals surface area contributed by atoms with Gasteiger partial charge in [0.2, 0.25) is 10.0 Å². The van der Waals surface area contributed by atoms with E-state index in [9.17, 15) is 13.2 Å². The Labute approximate surface area is 184 Å². The van der Waals surface area contributed by atoms with E-state index in [4.69, 9.17) is 4.98 Å². The summed E-state index contributed by atoms with van der Waals surface area (Å²) in [5.74, 6) is 0.666. The number of anilines is 1. The van der Waals surface area contributed by atoms with Crippen molar-refractivity contribution in [3.05, 3.63) is 42.8 Å². The Morgan fingerprint density at radius 3 is 2.89 bits per heavy atom. The van der Waals surface area contributed by atoms with Gasteiger partial charge in [0, 0.05) is 40.6 Å². The van der Waals surface area contributed by atoms with Gasteiger partial charge in [0.25, 0.3) is 5.56 Å². The number of piperidine rings is 1. The summed E-state index contributed by atoms with van der Waals surface area (Å²) >= 11 is 5.64. The van der Waals surface area contributed by atoms with Crippen molar-refractivity contribution >= 4 is 76.0 Å². The first-order chi connectivity index (χ1) is 13.2. The maximum atomic E-state index is 12.5. The van der Waals surface area contributed by atoms with Gasteiger partial charge in [-0.05, 0) is 53.6 Å². The number of fused-ring (bicyclic) bond motifs is 3. The number of rotatable bonds is 3. The summed E-state index contributed by atoms with van der Waals surface area (Å²) in [6.45, 7) is 0.951. The maximum absolute atomic E-state index is 12.5. The van der Waals surface area contributed by atoms with Gasteiger partial charge in [-0.2, -0.15) is 0 Å². The highest BCUT2D eigenvalue weighted by atomic mass is 127. The molecule has 1 aliphatic rings. The molecule has 7 nitrogen and oxygen atoms in total. The lowest BCUT2D eigenvalue weighted by molar-refractivity contribution is 0.329. The van der Waals surface area contributed by atoms with Crippen molar-refractivity contribution in [2.24, 2.45) is 0 Å². The summed E-state index contributed by atoms with van der Waals surface area (Å²) < 4.78 is 27.1. The van der Waals surface area contributed by atoms with Crippen molar-refractivity contribution in [2.75, 3.05) is 24.7 Å². The van der Waals surface area contributed by atoms with Crippen molar-refractivity contribution < 1.29 is 8.42 Å². The number of halogens is 2. The third kappa shape index (κ3) is 3.79. The minimum atomic E-state index is -3.23. The van der Waals surface area contributed by atoms with Crippen LogP contribution in [-0.2, 0) is 10.0 Å². The molecule has 1 fully saturated rings. The minimum absolute atomic E-state index is 0.0417. The summed E-state index contributed by atoms with van der Waals surface area (Å²) in [7, 11) is -3.23. The molecule has 1 atom stereocenters. The van der Waals surface area contributed by atoms with Crippen LogP contribution in [0.1, 0.15) is 12.8 Å². The Kier molecular flexibility index (Phi) is 5.40. The maximum Gasteiger partial charge on any atom is 0.258 e. The summed E-state index contributed by atoms with van der Waals surface area (Å²) in [5, 5.41) is 5.62. The summed E-state index contributed by atoms with van der Waals surface area (Å²) in [5.41, 5.74) is 0.451. The number of H-pyrrole nitrogens is 1. The molecule has 10 heteroatoms. The van der Waals surface area contributed by atoms with E-state index in [2.05, 4.69) is 48.8 Å². The number of nitrogens with zero attached hydrogens (tertiary/aromatic N) is 2. The summed E-state index contributed by atoms with van der Waals surface area (Å²) in [6.07, 6.45) is 4.54. The number of aromatic amines is 1. The Bertz CT molecular complexity index is 1250. The van der Waals surface area contributed by atoms with Gasteiger partial charge < -0.3 is 10.3 Å². The van der Waals surface area contributed by atoms with Gasteiger partial charge in [-0.3, -0.25) is 4.79 Å². The highest BCUT2D eigenvalue weighted by Crippen LogP contribution is 2.32. The topological polar surface area (TPSA) is 95.2 Å². The molecular weight excluding hydrogens is 559 g/mol. The van der Waals surface area contributed by atoms with E-state index < -0.39 is 10.0 Å². The molecule has 3 heterocycles. The van der Waals surface area contributed by atoms with Crippen LogP contribution >= 0.6 is 38.5 Å². The molecule has 1 saturated heterocycles. The fourth-order valence-electron chi connectivity index (χ4n) is 3.62. The van der Waals surface area contributed by atoms with Crippen molar-refractivity contribution in [2.45, 2.75) is 18.9 Å². The smallest absolute Gasteiger partial charge is 0.258 e. The fraction of sp³-hybridized carbons (Fsp3) is 0.333. The van der Waals surface area contributed by atoms with Gasteiger partial charge in [-0.25, -0.2) is 17.7 Å². The average molecular weight is 577 g/mol. The Morgan fingerprint density at radius 2 is 2.14 bits per heavy atom. The quantitative estimate of drug-likeness (QED) is 0.369. The third-order valence-electron chi connectivity index (χ3n) is 4.94. The molecule has 0 saturated carbocycles. The zero-order chi connectivity index (χ0) is 20.1. The van der Waals surface area contributed by atoms with Gasteiger partial charge in [-0.15, -0.1) is 0 Å². The van der Waals surface area contributed by atoms with Gasteiger partial charge in [-0.1, -0.05) is 15.9 Å². The standard InChI is InChI=1S/C18H18BrIN4O3S/c1-28(26,27)24-6-2-3-11(9-24)22-17-12-5-4-10(19)7-13(12)15-16(23-17)14(20)8-21-18(15)25/h4-5,7-8,11H,2-3,6,9H2,1H3,(H,21,25)(H,22,23)/t11-/m0/s1. The van der Waals surface area contributed by atoms with Gasteiger partial charge >= 0.3 is 0 Å². The van der Waals surface area contributed by atoms with E-state index in [1.54, 1.807) is 6.20 Å². The molecule has 1 aromatic carbocycles. The van der Waals surface area contributed by atoms with Gasteiger partial charge in [0.15, 0.2) is 0 Å². The van der Waals surface area contributed by atoms with Crippen LogP contribution < -0.4 is 10.9 Å². The van der Waals surface area contributed by atoms with Crippen molar-refractivity contribution in [1.29, 1.82) is 0 Å². The highest BCUT2D eigenvalue weighted by molar-refractivity contribution is 14.1. The second-order valence-electron chi connectivity index (χ2n) is 6.94. The lowest BCUT2D eigenvalue weighted by Gasteiger charge is -2.32. The van der Waals surface area contributed by atoms with E-state index in [1.807, 2.05) is 18.2 Å². The predicted molar refractivity (Wildman–Crippen MR) is 123 cm³/mol. The van der Waals surface area contributed by atoms with E-state index in [0.29, 0.717) is 29.8 Å². The third-order valence-corrected chi connectivity index (χ3v) is 7.53. The van der Waals surface area contributed by atoms with Crippen LogP contribution in [0.3, 0.4) is 0 Å². The fourth-order valence-corrected chi connectivity index (χ4v) is 5.44. The monoisotopic (exact) mass is 576 g/mol. The van der Waals surface area contributed by atoms with E-state index in [-0.39, 0.29) is 11.6 Å². The lowest BCUT2D eigenvalue weighted by Crippen LogP contribution is -2.44. The molecular formula is C18H18BrIN4O3S. The van der Waals surface area contributed by atoms with Crippen LogP contribution in [0, 0.1) is 3.57 Å². The van der Waals surface area contributed by atoms with Crippen LogP contribution in [0.2, 0.25) is 0 Å². The number of hydrogen-bond acceptors (Lipinski definition) is 5. The van der Waals surface area contributed by atoms with Crippen LogP contribution in [-0.4, -0.2) is 48.1 Å². The largest absolute Gasteiger partial charge is 0.365 e. The SMILES string of the molecule is CS(=O)(=O)N1CCC[C@H](Nc2nc3c(I)c[nH]c(=O)c3c3cc(Br)ccc23)C1. The molecule has 0 unspecified atom stereocenters. The normalized spacial score (nSPS) is 18.6. The number of hydrogen-bond donors (Lipinski definition) is 2. The molecule has 0 spiro atoms. The first kappa shape index (κ1) is 20.0. The predicted octanol–water partition coefficient (Wildman–Crippen LogP) is 3.28. The molecule has 1 aliphatic heterocycles. The first-order valence-corrected chi connectivity index (χ1v) is 12.5. The summed E-state index contributed by atoms with van der Waals surface area (Å²) in [4.78, 5) is 20.0. The second-order valence-corrected chi connectivity index (χ2v) is 11.0. The molecule has 4 rings (SSSR count). The van der Waals surface area contributed by atoms with Crippen LogP contribution in [0.4, 0.5) is 5.82 Å². The number of aromatic nitrogens is 2. The molecule has 2 N–H and O–H groups in total. The summed E-state index contributed by atoms with van der Waals surface area (Å²) in [6, 6.07) is 5.71. The number of pyridine rings is 2. The van der Waals surface area contributed by atoms with Crippen LogP contribution in [0.5, 0.6) is 0 Å². The Hall–Kier alpha value is -1.24. The van der Waals surface area contributed by atoms with Gasteiger partial charge in [0.1, 0.15) is 5.82 Å². The number of sulfonamides is 1. The number of nitrogens with one attached hydrogen (secondary N) is 2. The highest BCUT2D eigenvalue weighted by Gasteiger charge is 2.26. The molecule has 28 heavy (non-hydrogen) atoms. The van der Waals surface area contributed by atoms with E-state index >= 15 is 0 Å². The first-order valence-electron chi connectivity index (χ1n) is 8.76. The van der Waals surface area contributed by atoms with Gasteiger partial charge in [0.05, 0.1) is 20.7 Å².